The molecule has 0 saturated carbocycles. The van der Waals surface area contributed by atoms with Crippen LogP contribution >= 0.6 is 0 Å². The zero-order valence-electron chi connectivity index (χ0n) is 20.5. The highest BCUT2D eigenvalue weighted by atomic mass is 16.5. The van der Waals surface area contributed by atoms with Crippen molar-refractivity contribution in [2.75, 3.05) is 0 Å². The molecule has 0 aliphatic carbocycles. The molecule has 2 aliphatic rings. The predicted molar refractivity (Wildman–Crippen MR) is 139 cm³/mol. The minimum absolute atomic E-state index is 0.000530. The van der Waals surface area contributed by atoms with Crippen molar-refractivity contribution in [3.05, 3.63) is 94.5 Å². The lowest BCUT2D eigenvalue weighted by molar-refractivity contribution is 0.0195. The molecule has 0 amide bonds. The van der Waals surface area contributed by atoms with Crippen LogP contribution in [0.1, 0.15) is 52.4 Å². The number of aliphatic hydroxyl groups is 1. The first kappa shape index (κ1) is 24.6. The van der Waals surface area contributed by atoms with Crippen LogP contribution < -0.4 is 9.47 Å². The Morgan fingerprint density at radius 2 is 1.36 bits per heavy atom. The van der Waals surface area contributed by atoms with E-state index in [9.17, 15) is 35.7 Å². The van der Waals surface area contributed by atoms with Crippen molar-refractivity contribution in [1.82, 2.24) is 0 Å². The smallest absolute Gasteiger partial charge is 0.157 e. The van der Waals surface area contributed by atoms with Gasteiger partial charge in [-0.05, 0) is 47.9 Å². The molecule has 0 radical (unpaired) electrons. The summed E-state index contributed by atoms with van der Waals surface area (Å²) in [5.41, 5.74) is 2.40. The summed E-state index contributed by atoms with van der Waals surface area (Å²) in [6.07, 6.45) is -2.16. The lowest BCUT2D eigenvalue weighted by Gasteiger charge is -2.35. The Bertz CT molecular complexity index is 1560. The van der Waals surface area contributed by atoms with Crippen LogP contribution in [-0.4, -0.2) is 41.8 Å². The fraction of sp³-hybridized carbons (Fsp3) is 0.200. The normalized spacial score (nSPS) is 21.8. The molecule has 0 spiro atoms. The molecule has 4 atom stereocenters. The Hall–Kier alpha value is -4.76. The van der Waals surface area contributed by atoms with Gasteiger partial charge in [0.2, 0.25) is 0 Å². The fourth-order valence-corrected chi connectivity index (χ4v) is 5.50. The zero-order chi connectivity index (χ0) is 27.4. The van der Waals surface area contributed by atoms with Crippen LogP contribution in [0.15, 0.2) is 66.7 Å². The molecule has 6 rings (SSSR count). The summed E-state index contributed by atoms with van der Waals surface area (Å²) in [7, 11) is 0. The average molecular weight is 531 g/mol. The molecule has 0 aromatic heterocycles. The topological polar surface area (TPSA) is 160 Å². The Morgan fingerprint density at radius 1 is 0.641 bits per heavy atom. The van der Waals surface area contributed by atoms with Crippen molar-refractivity contribution < 1.29 is 45.2 Å². The van der Waals surface area contributed by atoms with Gasteiger partial charge >= 0.3 is 0 Å². The van der Waals surface area contributed by atoms with E-state index in [1.807, 2.05) is 0 Å². The van der Waals surface area contributed by atoms with Crippen molar-refractivity contribution >= 4 is 0 Å². The van der Waals surface area contributed by atoms with E-state index in [1.54, 1.807) is 30.3 Å². The lowest BCUT2D eigenvalue weighted by atomic mass is 9.80. The largest absolute Gasteiger partial charge is 0.508 e. The molecule has 0 saturated heterocycles. The van der Waals surface area contributed by atoms with E-state index in [0.717, 1.165) is 5.56 Å². The monoisotopic (exact) mass is 530 g/mol. The molecule has 2 heterocycles. The SMILES string of the molecule is Oc1ccc([C@@H]2C[C@H](c3c(O)cc4c(c3O)C[C@@H](O)[C@@H](c3ccc(O)c(O)c3)O4)c3ccc(O)cc3O2)cc1. The molecule has 4 aromatic rings. The molecule has 7 N–H and O–H groups in total. The number of benzene rings is 4. The molecule has 4 aromatic carbocycles. The van der Waals surface area contributed by atoms with Gasteiger partial charge < -0.3 is 45.2 Å². The van der Waals surface area contributed by atoms with Gasteiger partial charge in [0.05, 0.1) is 6.10 Å². The quantitative estimate of drug-likeness (QED) is 0.188. The van der Waals surface area contributed by atoms with Crippen LogP contribution in [0.4, 0.5) is 0 Å². The second-order valence-corrected chi connectivity index (χ2v) is 9.90. The van der Waals surface area contributed by atoms with Gasteiger partial charge in [0.1, 0.15) is 46.7 Å². The van der Waals surface area contributed by atoms with Crippen molar-refractivity contribution in [1.29, 1.82) is 0 Å². The number of fused-ring (bicyclic) bond motifs is 2. The molecular weight excluding hydrogens is 504 g/mol. The van der Waals surface area contributed by atoms with E-state index in [4.69, 9.17) is 9.47 Å². The van der Waals surface area contributed by atoms with Gasteiger partial charge in [0.15, 0.2) is 11.5 Å². The molecule has 2 aliphatic heterocycles. The molecular formula is C30H26O9. The minimum Gasteiger partial charge on any atom is -0.508 e. The van der Waals surface area contributed by atoms with Gasteiger partial charge in [0, 0.05) is 41.2 Å². The Morgan fingerprint density at radius 3 is 2.10 bits per heavy atom. The number of aliphatic hydroxyl groups excluding tert-OH is 1. The highest BCUT2D eigenvalue weighted by Crippen LogP contribution is 2.54. The first-order chi connectivity index (χ1) is 18.7. The van der Waals surface area contributed by atoms with Crippen LogP contribution in [0.5, 0.6) is 46.0 Å². The summed E-state index contributed by atoms with van der Waals surface area (Å²) in [6.45, 7) is 0. The maximum Gasteiger partial charge on any atom is 0.157 e. The summed E-state index contributed by atoms with van der Waals surface area (Å²) in [4.78, 5) is 0. The van der Waals surface area contributed by atoms with E-state index < -0.39 is 24.2 Å². The van der Waals surface area contributed by atoms with Crippen LogP contribution in [-0.2, 0) is 6.42 Å². The minimum atomic E-state index is -1.09. The molecule has 0 fully saturated rings. The number of aromatic hydroxyl groups is 6. The summed E-state index contributed by atoms with van der Waals surface area (Å²) < 4.78 is 12.1. The number of hydrogen-bond acceptors (Lipinski definition) is 9. The third-order valence-electron chi connectivity index (χ3n) is 7.43. The highest BCUT2D eigenvalue weighted by Gasteiger charge is 2.38. The van der Waals surface area contributed by atoms with E-state index in [2.05, 4.69) is 0 Å². The summed E-state index contributed by atoms with van der Waals surface area (Å²) in [5, 5.41) is 72.9. The van der Waals surface area contributed by atoms with Gasteiger partial charge in [-0.2, -0.15) is 0 Å². The summed E-state index contributed by atoms with van der Waals surface area (Å²) in [5.74, 6) is -0.954. The second-order valence-electron chi connectivity index (χ2n) is 9.90. The van der Waals surface area contributed by atoms with Crippen LogP contribution in [0.2, 0.25) is 0 Å². The van der Waals surface area contributed by atoms with Crippen molar-refractivity contribution in [2.24, 2.45) is 0 Å². The van der Waals surface area contributed by atoms with Crippen molar-refractivity contribution in [3.8, 4) is 46.0 Å². The lowest BCUT2D eigenvalue weighted by Crippen LogP contribution is -2.30. The summed E-state index contributed by atoms with van der Waals surface area (Å²) >= 11 is 0. The van der Waals surface area contributed by atoms with Gasteiger partial charge in [-0.25, -0.2) is 0 Å². The van der Waals surface area contributed by atoms with Crippen LogP contribution in [0.25, 0.3) is 0 Å². The van der Waals surface area contributed by atoms with E-state index >= 15 is 0 Å². The van der Waals surface area contributed by atoms with Gasteiger partial charge in [-0.3, -0.25) is 0 Å². The number of phenolic OH excluding ortho intramolecular Hbond substituents is 6. The molecule has 9 heteroatoms. The number of ether oxygens (including phenoxy) is 2. The Kier molecular flexibility index (Phi) is 5.80. The maximum absolute atomic E-state index is 11.4. The number of rotatable bonds is 3. The Balaban J connectivity index is 1.41. The molecule has 0 bridgehead atoms. The summed E-state index contributed by atoms with van der Waals surface area (Å²) in [6, 6.07) is 16.7. The third-order valence-corrected chi connectivity index (χ3v) is 7.43. The van der Waals surface area contributed by atoms with Gasteiger partial charge in [-0.15, -0.1) is 0 Å². The number of phenols is 6. The molecule has 39 heavy (non-hydrogen) atoms. The standard InChI is InChI=1S/C30H26O9/c31-16-4-1-14(2-5-16)25-12-19(18-7-6-17(32)10-26(18)38-25)28-23(35)13-27-20(29(28)37)11-24(36)30(39-27)15-3-8-21(33)22(34)9-15/h1-10,13,19,24-25,30-37H,11-12H2/t19-,24+,25-,30+/m0/s1. The first-order valence-corrected chi connectivity index (χ1v) is 12.4. The molecule has 0 unspecified atom stereocenters. The van der Waals surface area contributed by atoms with Crippen LogP contribution in [0, 0.1) is 0 Å². The van der Waals surface area contributed by atoms with Crippen molar-refractivity contribution in [3.63, 3.8) is 0 Å². The molecule has 9 nitrogen and oxygen atoms in total. The fourth-order valence-electron chi connectivity index (χ4n) is 5.50. The average Bonchev–Trinajstić information content (AvgIpc) is 2.90. The molecule has 200 valence electrons. The maximum atomic E-state index is 11.4. The van der Waals surface area contributed by atoms with Gasteiger partial charge in [-0.1, -0.05) is 24.3 Å². The van der Waals surface area contributed by atoms with Gasteiger partial charge in [0.25, 0.3) is 0 Å². The van der Waals surface area contributed by atoms with E-state index in [0.29, 0.717) is 28.9 Å². The first-order valence-electron chi connectivity index (χ1n) is 12.4. The predicted octanol–water partition coefficient (Wildman–Crippen LogP) is 4.61. The van der Waals surface area contributed by atoms with Crippen LogP contribution in [0.3, 0.4) is 0 Å². The van der Waals surface area contributed by atoms with Crippen molar-refractivity contribution in [2.45, 2.75) is 37.1 Å². The van der Waals surface area contributed by atoms with E-state index in [1.165, 1.54) is 36.4 Å². The second kappa shape index (κ2) is 9.21. The number of hydrogen-bond donors (Lipinski definition) is 7. The Labute approximate surface area is 223 Å². The highest BCUT2D eigenvalue weighted by molar-refractivity contribution is 5.62. The van der Waals surface area contributed by atoms with E-state index in [-0.39, 0.29) is 52.2 Å². The zero-order valence-corrected chi connectivity index (χ0v) is 20.5. The third kappa shape index (κ3) is 4.26.